The van der Waals surface area contributed by atoms with Gasteiger partial charge in [-0.1, -0.05) is 60.2 Å². The van der Waals surface area contributed by atoms with Gasteiger partial charge in [-0.3, -0.25) is 18.8 Å². The van der Waals surface area contributed by atoms with Crippen molar-refractivity contribution < 1.29 is 24.1 Å². The highest BCUT2D eigenvalue weighted by Gasteiger charge is 2.44. The van der Waals surface area contributed by atoms with Gasteiger partial charge in [0.1, 0.15) is 18.3 Å². The van der Waals surface area contributed by atoms with Gasteiger partial charge < -0.3 is 19.7 Å². The minimum atomic E-state index is -1.27. The van der Waals surface area contributed by atoms with Crippen LogP contribution in [0.3, 0.4) is 0 Å². The summed E-state index contributed by atoms with van der Waals surface area (Å²) < 4.78 is 16.6. The van der Waals surface area contributed by atoms with Gasteiger partial charge in [0.05, 0.1) is 6.61 Å². The smallest absolute Gasteiger partial charge is 0.343 e. The van der Waals surface area contributed by atoms with Gasteiger partial charge in [-0.25, -0.2) is 4.79 Å². The molecule has 214 valence electrons. The van der Waals surface area contributed by atoms with Crippen molar-refractivity contribution in [2.45, 2.75) is 38.4 Å². The first-order valence-electron chi connectivity index (χ1n) is 13.2. The molecule has 0 saturated carbocycles. The van der Waals surface area contributed by atoms with Crippen molar-refractivity contribution in [3.8, 4) is 0 Å². The van der Waals surface area contributed by atoms with E-state index < -0.39 is 35.8 Å². The van der Waals surface area contributed by atoms with Crippen molar-refractivity contribution in [3.63, 3.8) is 0 Å². The van der Waals surface area contributed by atoms with E-state index in [1.807, 2.05) is 18.2 Å². The Kier molecular flexibility index (Phi) is 9.80. The lowest BCUT2D eigenvalue weighted by molar-refractivity contribution is -0.417. The molecule has 9 heteroatoms. The number of ether oxygens (including phenoxy) is 2. The minimum Gasteiger partial charge on any atom is -0.387 e. The van der Waals surface area contributed by atoms with E-state index in [2.05, 4.69) is 72.6 Å². The van der Waals surface area contributed by atoms with Crippen LogP contribution >= 0.6 is 0 Å². The Hall–Kier alpha value is -4.15. The van der Waals surface area contributed by atoms with Crippen molar-refractivity contribution in [2.24, 2.45) is 0 Å². The molecule has 1 fully saturated rings. The summed E-state index contributed by atoms with van der Waals surface area (Å²) in [4.78, 5) is 25.1. The predicted molar refractivity (Wildman–Crippen MR) is 157 cm³/mol. The maximum atomic E-state index is 11.7. The molecule has 3 N–H and O–H groups in total. The zero-order valence-electron chi connectivity index (χ0n) is 23.5. The van der Waals surface area contributed by atoms with E-state index in [9.17, 15) is 19.8 Å². The summed E-state index contributed by atoms with van der Waals surface area (Å²) in [5, 5.41) is 19.7. The van der Waals surface area contributed by atoms with Crippen molar-refractivity contribution in [1.82, 2.24) is 9.55 Å². The number of H-pyrrole nitrogens is 1. The first-order chi connectivity index (χ1) is 19.7. The van der Waals surface area contributed by atoms with E-state index in [1.54, 1.807) is 7.11 Å². The molecule has 3 aromatic rings. The van der Waals surface area contributed by atoms with Gasteiger partial charge >= 0.3 is 11.5 Å². The van der Waals surface area contributed by atoms with Crippen LogP contribution in [0.25, 0.3) is 5.57 Å². The Morgan fingerprint density at radius 2 is 1.59 bits per heavy atom. The lowest BCUT2D eigenvalue weighted by Crippen LogP contribution is -2.38. The maximum Gasteiger partial charge on any atom is 0.343 e. The fourth-order valence-electron chi connectivity index (χ4n) is 4.62. The molecule has 0 spiro atoms. The number of allylic oxidation sites excluding steroid dienone is 5. The van der Waals surface area contributed by atoms with Crippen LogP contribution in [0.4, 0.5) is 0 Å². The Bertz CT molecular complexity index is 1560. The molecule has 1 aliphatic heterocycles. The number of aromatic amines is 1. The van der Waals surface area contributed by atoms with Gasteiger partial charge in [0.2, 0.25) is 0 Å². The fraction of sp³-hybridized carbons (Fsp3) is 0.281. The van der Waals surface area contributed by atoms with Gasteiger partial charge in [0, 0.05) is 31.0 Å². The second kappa shape index (κ2) is 13.5. The van der Waals surface area contributed by atoms with Crippen molar-refractivity contribution in [2.75, 3.05) is 20.8 Å². The Balaban J connectivity index is 0.000000191. The van der Waals surface area contributed by atoms with Crippen molar-refractivity contribution in [1.29, 1.82) is 0 Å². The van der Waals surface area contributed by atoms with Gasteiger partial charge in [-0.15, -0.1) is 0 Å². The first-order valence-corrected chi connectivity index (χ1v) is 13.2. The summed E-state index contributed by atoms with van der Waals surface area (Å²) in [6, 6.07) is 19.2. The molecule has 1 saturated heterocycles. The van der Waals surface area contributed by atoms with E-state index >= 15 is 0 Å². The number of hydrogen-bond acceptors (Lipinski definition) is 6. The maximum absolute atomic E-state index is 11.7. The molecule has 1 aromatic heterocycles. The van der Waals surface area contributed by atoms with Crippen LogP contribution in [0.15, 0.2) is 100 Å². The second-order valence-electron chi connectivity index (χ2n) is 9.82. The lowest BCUT2D eigenvalue weighted by atomic mass is 9.90. The quantitative estimate of drug-likeness (QED) is 0.413. The number of aryl methyl sites for hydroxylation is 2. The normalized spacial score (nSPS) is 21.4. The summed E-state index contributed by atoms with van der Waals surface area (Å²) in [5.41, 5.74) is 5.25. The largest absolute Gasteiger partial charge is 0.387 e. The monoisotopic (exact) mass is 559 g/mol. The zero-order valence-corrected chi connectivity index (χ0v) is 23.5. The number of aliphatic hydroxyl groups is 2. The highest BCUT2D eigenvalue weighted by atomic mass is 16.6. The fourth-order valence-corrected chi connectivity index (χ4v) is 4.62. The van der Waals surface area contributed by atoms with Crippen LogP contribution in [0, 0.1) is 13.8 Å². The summed E-state index contributed by atoms with van der Waals surface area (Å²) in [5.74, 6) is 0.875. The molecular weight excluding hydrogens is 524 g/mol. The zero-order chi connectivity index (χ0) is 29.5. The third kappa shape index (κ3) is 6.96. The number of hydrogen-bond donors (Lipinski definition) is 3. The Morgan fingerprint density at radius 1 is 0.951 bits per heavy atom. The number of benzene rings is 2. The summed E-state index contributed by atoms with van der Waals surface area (Å²) in [7, 11) is 3.13. The van der Waals surface area contributed by atoms with Crippen LogP contribution in [0.5, 0.6) is 0 Å². The van der Waals surface area contributed by atoms with E-state index in [0.717, 1.165) is 10.4 Å². The average molecular weight is 560 g/mol. The Labute approximate surface area is 238 Å². The first kappa shape index (κ1) is 29.8. The molecule has 2 aliphatic rings. The van der Waals surface area contributed by atoms with E-state index in [1.165, 1.54) is 48.1 Å². The third-order valence-corrected chi connectivity index (χ3v) is 6.87. The van der Waals surface area contributed by atoms with Gasteiger partial charge in [0.25, 0.3) is 12.7 Å². The molecule has 2 aromatic carbocycles. The van der Waals surface area contributed by atoms with Crippen molar-refractivity contribution in [3.05, 3.63) is 134 Å². The molecule has 5 rings (SSSR count). The molecule has 1 aliphatic carbocycles. The van der Waals surface area contributed by atoms with Crippen LogP contribution in [-0.2, 0) is 13.9 Å². The molecular formula is C32H35N2O7+. The number of methoxy groups -OCH3 is 1. The van der Waals surface area contributed by atoms with E-state index in [4.69, 9.17) is 13.9 Å². The second-order valence-corrected chi connectivity index (χ2v) is 9.82. The van der Waals surface area contributed by atoms with Crippen molar-refractivity contribution >= 4 is 11.4 Å². The number of nitrogens with zero attached hydrogens (tertiary/aromatic N) is 1. The molecule has 2 heterocycles. The number of ketones is 1. The van der Waals surface area contributed by atoms with Crippen LogP contribution < -0.4 is 11.2 Å². The highest BCUT2D eigenvalue weighted by molar-refractivity contribution is 6.03. The molecule has 41 heavy (non-hydrogen) atoms. The van der Waals surface area contributed by atoms with Gasteiger partial charge in [0.15, 0.2) is 6.23 Å². The van der Waals surface area contributed by atoms with E-state index in [0.29, 0.717) is 5.56 Å². The van der Waals surface area contributed by atoms with Gasteiger partial charge in [-0.2, -0.15) is 0 Å². The lowest BCUT2D eigenvalue weighted by Gasteiger charge is -2.17. The summed E-state index contributed by atoms with van der Waals surface area (Å²) >= 11 is 0. The van der Waals surface area contributed by atoms with Crippen LogP contribution in [0.2, 0.25) is 0 Å². The minimum absolute atomic E-state index is 0.0891. The van der Waals surface area contributed by atoms with E-state index in [-0.39, 0.29) is 6.61 Å². The third-order valence-electron chi connectivity index (χ3n) is 6.87. The topological polar surface area (TPSA) is 125 Å². The number of rotatable bonds is 5. The number of nitrogens with one attached hydrogen (secondary N) is 1. The van der Waals surface area contributed by atoms with Gasteiger partial charge in [-0.05, 0) is 48.3 Å². The molecule has 4 atom stereocenters. The standard InChI is InChI=1S/C21H19O.C11H16N2O6/c1-16-8-10-18(11-9-16)21(17-6-4-3-5-7-17)19-12-14-20(22-2)15-13-19;1-5-3-13(11(17)12-9(5)16)10-8(15)7(14)6(19-10)4-18-2/h3-15H,1-2H3;3,6-8,10,14-15H,4H2,1-2H3,(H,12,16,17)/q+1;/t;6-,7+,8?,10-/m.1/s1. The molecule has 0 amide bonds. The highest BCUT2D eigenvalue weighted by Crippen LogP contribution is 2.30. The molecule has 9 nitrogen and oxygen atoms in total. The number of aromatic nitrogens is 2. The van der Waals surface area contributed by atoms with Crippen LogP contribution in [0.1, 0.15) is 28.5 Å². The predicted octanol–water partition coefficient (Wildman–Crippen LogP) is 2.77. The number of carbonyl (C=O) groups excluding carboxylic acids is 1. The summed E-state index contributed by atoms with van der Waals surface area (Å²) in [6.45, 7) is 3.73. The molecule has 1 unspecified atom stereocenters. The Morgan fingerprint density at radius 3 is 2.20 bits per heavy atom. The van der Waals surface area contributed by atoms with Crippen LogP contribution in [-0.4, -0.2) is 64.7 Å². The number of aliphatic hydroxyl groups excluding tert-OH is 2. The summed E-state index contributed by atoms with van der Waals surface area (Å²) in [6.07, 6.45) is 5.30. The molecule has 0 bridgehead atoms. The SMILES string of the molecule is COC[C@H]1O[C@@H](n2cc(C)c(=O)[nH]c2=O)C(O)[C@H]1O.C[O+]=C1C=CC(=C(c2ccccc2)c2ccc(C)cc2)C=C1. The average Bonchev–Trinajstić information content (AvgIpc) is 3.26. The molecule has 0 radical (unpaired) electrons.